The fourth-order valence-corrected chi connectivity index (χ4v) is 4.16. The maximum Gasteiger partial charge on any atom is 0.209 e. The highest BCUT2D eigenvalue weighted by molar-refractivity contribution is 6.01. The van der Waals surface area contributed by atoms with Gasteiger partial charge in [-0.25, -0.2) is 4.39 Å². The topological polar surface area (TPSA) is 106 Å². The zero-order chi connectivity index (χ0) is 20.9. The van der Waals surface area contributed by atoms with E-state index in [9.17, 15) is 10.1 Å². The van der Waals surface area contributed by atoms with Gasteiger partial charge in [-0.2, -0.15) is 5.26 Å². The van der Waals surface area contributed by atoms with Gasteiger partial charge in [0.1, 0.15) is 23.9 Å². The number of nitriles is 1. The molecule has 0 unspecified atom stereocenters. The molecule has 9 heteroatoms. The van der Waals surface area contributed by atoms with Gasteiger partial charge in [0.25, 0.3) is 0 Å². The number of ether oxygens (including phenoxy) is 1. The number of anilines is 2. The molecule has 160 valence electrons. The number of nitrogens with one attached hydrogen (secondary N) is 1. The summed E-state index contributed by atoms with van der Waals surface area (Å²) in [5, 5.41) is 12.5. The largest absolute Gasteiger partial charge is 0.487 e. The quantitative estimate of drug-likeness (QED) is 0.464. The predicted molar refractivity (Wildman–Crippen MR) is 118 cm³/mol. The lowest BCUT2D eigenvalue weighted by molar-refractivity contribution is 0.221. The summed E-state index contributed by atoms with van der Waals surface area (Å²) >= 11 is 0. The maximum absolute atomic E-state index is 15.2. The number of aryl methyl sites for hydroxylation is 1. The van der Waals surface area contributed by atoms with E-state index in [1.807, 2.05) is 29.0 Å². The second kappa shape index (κ2) is 7.75. The van der Waals surface area contributed by atoms with E-state index in [4.69, 9.17) is 10.5 Å². The number of nitrogen functional groups attached to an aromatic ring is 1. The number of nitrogens with zero attached hydrogens (tertiary/aromatic N) is 3. The Balaban J connectivity index is 0.00000231. The third kappa shape index (κ3) is 3.26. The van der Waals surface area contributed by atoms with Gasteiger partial charge in [-0.15, -0.1) is 12.4 Å². The molecule has 3 aromatic rings. The van der Waals surface area contributed by atoms with Crippen LogP contribution in [0.2, 0.25) is 0 Å². The first-order valence-electron chi connectivity index (χ1n) is 9.92. The lowest BCUT2D eigenvalue weighted by Gasteiger charge is -2.31. The summed E-state index contributed by atoms with van der Waals surface area (Å²) in [7, 11) is 0. The van der Waals surface area contributed by atoms with E-state index in [1.165, 1.54) is 0 Å². The van der Waals surface area contributed by atoms with Gasteiger partial charge < -0.3 is 20.4 Å². The lowest BCUT2D eigenvalue weighted by atomic mass is 10.0. The van der Waals surface area contributed by atoms with Crippen molar-refractivity contribution in [3.63, 3.8) is 0 Å². The first-order valence-corrected chi connectivity index (χ1v) is 9.92. The smallest absolute Gasteiger partial charge is 0.209 e. The Hall–Kier alpha value is -3.31. The summed E-state index contributed by atoms with van der Waals surface area (Å²) in [6.45, 7) is 0.870. The molecule has 0 atom stereocenters. The van der Waals surface area contributed by atoms with Crippen molar-refractivity contribution in [1.29, 1.82) is 5.26 Å². The fraction of sp³-hybridized carbons (Fsp3) is 0.318. The van der Waals surface area contributed by atoms with Crippen LogP contribution in [0.1, 0.15) is 30.4 Å². The number of aromatic nitrogens is 2. The van der Waals surface area contributed by atoms with Crippen LogP contribution in [0.4, 0.5) is 15.8 Å². The van der Waals surface area contributed by atoms with Crippen molar-refractivity contribution in [2.24, 2.45) is 0 Å². The van der Waals surface area contributed by atoms with Crippen LogP contribution in [-0.4, -0.2) is 22.7 Å². The van der Waals surface area contributed by atoms with Crippen molar-refractivity contribution in [2.75, 3.05) is 24.2 Å². The average Bonchev–Trinajstić information content (AvgIpc) is 3.54. The zero-order valence-corrected chi connectivity index (χ0v) is 17.5. The Labute approximate surface area is 184 Å². The Bertz CT molecular complexity index is 1270. The molecule has 1 spiro atoms. The minimum Gasteiger partial charge on any atom is -0.487 e. The summed E-state index contributed by atoms with van der Waals surface area (Å²) in [5.74, 6) is -0.429. The molecule has 3 N–H and O–H groups in total. The molecule has 7 nitrogen and oxygen atoms in total. The highest BCUT2D eigenvalue weighted by Gasteiger charge is 2.49. The molecule has 0 amide bonds. The molecule has 5 rings (SSSR count). The van der Waals surface area contributed by atoms with Gasteiger partial charge in [-0.1, -0.05) is 6.07 Å². The summed E-state index contributed by atoms with van der Waals surface area (Å²) in [5.41, 5.74) is 6.66. The van der Waals surface area contributed by atoms with Gasteiger partial charge >= 0.3 is 0 Å². The minimum atomic E-state index is -0.718. The van der Waals surface area contributed by atoms with Crippen LogP contribution in [0.5, 0.6) is 5.75 Å². The standard InChI is InChI=1S/C22H20FN5O2.ClH/c23-16-17(25)15-19-21(18(16)27-8-2-4-13-3-1-7-26-10-13)30-12-22(5-6-22)28(19)11-14(9-24)20(15)29;/h1,3,7,10-11,27H,2,4-6,8,12,25H2;1H. The molecule has 1 saturated carbocycles. The molecule has 1 aliphatic heterocycles. The van der Waals surface area contributed by atoms with Crippen molar-refractivity contribution in [3.05, 3.63) is 57.9 Å². The van der Waals surface area contributed by atoms with Gasteiger partial charge in [0.15, 0.2) is 11.6 Å². The lowest BCUT2D eigenvalue weighted by Crippen LogP contribution is -2.33. The van der Waals surface area contributed by atoms with Crippen molar-refractivity contribution < 1.29 is 9.13 Å². The number of hydrogen-bond acceptors (Lipinski definition) is 6. The Morgan fingerprint density at radius 2 is 2.23 bits per heavy atom. The van der Waals surface area contributed by atoms with Crippen molar-refractivity contribution in [3.8, 4) is 11.8 Å². The number of nitrogens with two attached hydrogens (primary N) is 1. The van der Waals surface area contributed by atoms with E-state index in [2.05, 4.69) is 10.3 Å². The number of pyridine rings is 2. The third-order valence-electron chi connectivity index (χ3n) is 5.99. The van der Waals surface area contributed by atoms with Gasteiger partial charge in [-0.3, -0.25) is 9.78 Å². The van der Waals surface area contributed by atoms with E-state index < -0.39 is 11.2 Å². The molecule has 0 saturated heterocycles. The molecule has 1 aromatic carbocycles. The Morgan fingerprint density at radius 1 is 1.42 bits per heavy atom. The molecule has 0 radical (unpaired) electrons. The molecule has 3 heterocycles. The zero-order valence-electron chi connectivity index (χ0n) is 16.7. The summed E-state index contributed by atoms with van der Waals surface area (Å²) in [6, 6.07) is 5.79. The SMILES string of the molecule is Cl.N#Cc1cn2c3c(c(NCCCc4cccnc4)c(F)c(N)c3c1=O)OCC21CC1. The second-order valence-electron chi connectivity index (χ2n) is 7.91. The van der Waals surface area contributed by atoms with Crippen LogP contribution < -0.4 is 21.2 Å². The highest BCUT2D eigenvalue weighted by Crippen LogP contribution is 2.52. The van der Waals surface area contributed by atoms with Crippen LogP contribution in [0.3, 0.4) is 0 Å². The molecule has 1 fully saturated rings. The third-order valence-corrected chi connectivity index (χ3v) is 5.99. The van der Waals surface area contributed by atoms with Crippen molar-refractivity contribution in [2.45, 2.75) is 31.2 Å². The molecular weight excluding hydrogens is 421 g/mol. The van der Waals surface area contributed by atoms with E-state index in [0.29, 0.717) is 18.7 Å². The Kier molecular flexibility index (Phi) is 5.23. The normalized spacial score (nSPS) is 15.1. The fourth-order valence-electron chi connectivity index (χ4n) is 4.16. The Morgan fingerprint density at radius 3 is 2.90 bits per heavy atom. The number of rotatable bonds is 5. The number of benzene rings is 1. The average molecular weight is 442 g/mol. The summed E-state index contributed by atoms with van der Waals surface area (Å²) in [4.78, 5) is 16.9. The first-order chi connectivity index (χ1) is 14.6. The van der Waals surface area contributed by atoms with Crippen LogP contribution in [-0.2, 0) is 12.0 Å². The summed E-state index contributed by atoms with van der Waals surface area (Å²) in [6.07, 6.45) is 8.39. The van der Waals surface area contributed by atoms with Crippen molar-refractivity contribution >= 4 is 34.7 Å². The maximum atomic E-state index is 15.2. The van der Waals surface area contributed by atoms with Crippen LogP contribution in [0.25, 0.3) is 10.9 Å². The van der Waals surface area contributed by atoms with Crippen LogP contribution >= 0.6 is 12.4 Å². The van der Waals surface area contributed by atoms with Gasteiger partial charge in [0, 0.05) is 25.1 Å². The molecular formula is C22H21ClFN5O2. The molecule has 1 aliphatic carbocycles. The van der Waals surface area contributed by atoms with Crippen molar-refractivity contribution in [1.82, 2.24) is 9.55 Å². The predicted octanol–water partition coefficient (Wildman–Crippen LogP) is 3.34. The molecule has 31 heavy (non-hydrogen) atoms. The second-order valence-corrected chi connectivity index (χ2v) is 7.91. The van der Waals surface area contributed by atoms with E-state index in [1.54, 1.807) is 12.4 Å². The highest BCUT2D eigenvalue weighted by atomic mass is 35.5. The van der Waals surface area contributed by atoms with Crippen LogP contribution in [0.15, 0.2) is 35.5 Å². The first kappa shape index (κ1) is 20.9. The number of halogens is 2. The number of hydrogen-bond donors (Lipinski definition) is 2. The molecule has 0 bridgehead atoms. The van der Waals surface area contributed by atoms with Crippen LogP contribution in [0, 0.1) is 17.1 Å². The number of fused-ring (bicyclic) bond motifs is 1. The van der Waals surface area contributed by atoms with E-state index in [-0.39, 0.29) is 46.0 Å². The van der Waals surface area contributed by atoms with E-state index >= 15 is 4.39 Å². The van der Waals surface area contributed by atoms with Gasteiger partial charge in [-0.05, 0) is 37.3 Å². The van der Waals surface area contributed by atoms with E-state index in [0.717, 1.165) is 31.2 Å². The molecule has 2 aliphatic rings. The van der Waals surface area contributed by atoms with Gasteiger partial charge in [0.2, 0.25) is 5.43 Å². The van der Waals surface area contributed by atoms with Gasteiger partial charge in [0.05, 0.1) is 22.1 Å². The molecule has 2 aromatic heterocycles. The summed E-state index contributed by atoms with van der Waals surface area (Å²) < 4.78 is 23.1. The monoisotopic (exact) mass is 441 g/mol. The minimum absolute atomic E-state index is 0.